The molecule has 2 aromatic carbocycles. The van der Waals surface area contributed by atoms with E-state index in [1.165, 1.54) is 21.3 Å². The summed E-state index contributed by atoms with van der Waals surface area (Å²) in [7, 11) is 4.52. The van der Waals surface area contributed by atoms with E-state index >= 15 is 0 Å². The van der Waals surface area contributed by atoms with E-state index in [-0.39, 0.29) is 5.91 Å². The summed E-state index contributed by atoms with van der Waals surface area (Å²) in [5, 5.41) is 2.84. The van der Waals surface area contributed by atoms with Crippen LogP contribution in [0.1, 0.15) is 10.4 Å². The number of halogens is 2. The molecule has 0 aliphatic heterocycles. The number of benzene rings is 2. The zero-order valence-corrected chi connectivity index (χ0v) is 15.9. The van der Waals surface area contributed by atoms with Gasteiger partial charge in [0.15, 0.2) is 11.5 Å². The van der Waals surface area contributed by atoms with Crippen molar-refractivity contribution in [1.29, 1.82) is 0 Å². The molecule has 0 saturated carbocycles. The highest BCUT2D eigenvalue weighted by Crippen LogP contribution is 2.38. The Morgan fingerprint density at radius 3 is 2.04 bits per heavy atom. The minimum atomic E-state index is -0.285. The number of rotatable bonds is 5. The molecule has 0 radical (unpaired) electrons. The summed E-state index contributed by atoms with van der Waals surface area (Å²) in [5.41, 5.74) is 1.06. The summed E-state index contributed by atoms with van der Waals surface area (Å²) in [4.78, 5) is 12.5. The Hall–Kier alpha value is -1.73. The molecule has 0 aliphatic carbocycles. The number of nitrogens with one attached hydrogen (secondary N) is 1. The Morgan fingerprint density at radius 2 is 1.57 bits per heavy atom. The highest BCUT2D eigenvalue weighted by atomic mass is 79.9. The van der Waals surface area contributed by atoms with Crippen LogP contribution in [0.2, 0.25) is 0 Å². The van der Waals surface area contributed by atoms with Gasteiger partial charge in [0.05, 0.1) is 27.0 Å². The molecule has 0 aliphatic rings. The van der Waals surface area contributed by atoms with E-state index in [1.54, 1.807) is 18.2 Å². The Kier molecular flexibility index (Phi) is 5.90. The number of carbonyl (C=O) groups excluding carboxylic acids is 1. The highest BCUT2D eigenvalue weighted by molar-refractivity contribution is 9.11. The van der Waals surface area contributed by atoms with Gasteiger partial charge >= 0.3 is 0 Å². The fourth-order valence-electron chi connectivity index (χ4n) is 2.00. The van der Waals surface area contributed by atoms with Gasteiger partial charge in [-0.15, -0.1) is 0 Å². The molecule has 0 heterocycles. The SMILES string of the molecule is COc1cc(C(=O)Nc2ccc(Br)cc2Br)cc(OC)c1OC. The molecule has 0 bridgehead atoms. The second-order valence-electron chi connectivity index (χ2n) is 4.49. The van der Waals surface area contributed by atoms with Crippen LogP contribution >= 0.6 is 31.9 Å². The van der Waals surface area contributed by atoms with E-state index in [0.29, 0.717) is 28.5 Å². The maximum absolute atomic E-state index is 12.5. The maximum atomic E-state index is 12.5. The van der Waals surface area contributed by atoms with Crippen molar-refractivity contribution in [2.75, 3.05) is 26.6 Å². The molecule has 0 aromatic heterocycles. The smallest absolute Gasteiger partial charge is 0.255 e. The van der Waals surface area contributed by atoms with Crippen LogP contribution in [-0.2, 0) is 0 Å². The van der Waals surface area contributed by atoms with Gasteiger partial charge in [0.25, 0.3) is 5.91 Å². The van der Waals surface area contributed by atoms with Gasteiger partial charge in [-0.1, -0.05) is 15.9 Å². The van der Waals surface area contributed by atoms with Crippen LogP contribution in [0.4, 0.5) is 5.69 Å². The number of amides is 1. The van der Waals surface area contributed by atoms with E-state index in [0.717, 1.165) is 8.95 Å². The van der Waals surface area contributed by atoms with E-state index in [4.69, 9.17) is 14.2 Å². The maximum Gasteiger partial charge on any atom is 0.255 e. The molecule has 1 amide bonds. The highest BCUT2D eigenvalue weighted by Gasteiger charge is 2.17. The first-order valence-electron chi connectivity index (χ1n) is 6.56. The molecule has 0 spiro atoms. The van der Waals surface area contributed by atoms with E-state index in [1.807, 2.05) is 12.1 Å². The van der Waals surface area contributed by atoms with E-state index < -0.39 is 0 Å². The van der Waals surface area contributed by atoms with Crippen LogP contribution in [0.5, 0.6) is 17.2 Å². The number of ether oxygens (including phenoxy) is 3. The molecule has 2 rings (SSSR count). The number of methoxy groups -OCH3 is 3. The molecular formula is C16H15Br2NO4. The lowest BCUT2D eigenvalue weighted by atomic mass is 10.1. The quantitative estimate of drug-likeness (QED) is 0.738. The second-order valence-corrected chi connectivity index (χ2v) is 6.26. The molecule has 1 N–H and O–H groups in total. The monoisotopic (exact) mass is 443 g/mol. The van der Waals surface area contributed by atoms with Crippen LogP contribution in [0.15, 0.2) is 39.3 Å². The van der Waals surface area contributed by atoms with Crippen molar-refractivity contribution in [2.24, 2.45) is 0 Å². The summed E-state index contributed by atoms with van der Waals surface area (Å²) >= 11 is 6.78. The molecule has 23 heavy (non-hydrogen) atoms. The minimum Gasteiger partial charge on any atom is -0.493 e. The number of hydrogen-bond acceptors (Lipinski definition) is 4. The average Bonchev–Trinajstić information content (AvgIpc) is 2.55. The summed E-state index contributed by atoms with van der Waals surface area (Å²) in [5.74, 6) is 1.00. The lowest BCUT2D eigenvalue weighted by Crippen LogP contribution is -2.13. The zero-order valence-electron chi connectivity index (χ0n) is 12.8. The Balaban J connectivity index is 2.35. The topological polar surface area (TPSA) is 56.8 Å². The average molecular weight is 445 g/mol. The summed E-state index contributed by atoms with van der Waals surface area (Å²) in [6, 6.07) is 8.69. The summed E-state index contributed by atoms with van der Waals surface area (Å²) in [6.45, 7) is 0. The lowest BCUT2D eigenvalue weighted by Gasteiger charge is -2.14. The first-order chi connectivity index (χ1) is 11.0. The van der Waals surface area contributed by atoms with Gasteiger partial charge in [0.1, 0.15) is 0 Å². The molecule has 0 fully saturated rings. The first-order valence-corrected chi connectivity index (χ1v) is 8.15. The lowest BCUT2D eigenvalue weighted by molar-refractivity contribution is 0.102. The van der Waals surface area contributed by atoms with Gasteiger partial charge in [0, 0.05) is 14.5 Å². The Bertz CT molecular complexity index is 709. The van der Waals surface area contributed by atoms with Gasteiger partial charge in [-0.05, 0) is 46.3 Å². The normalized spacial score (nSPS) is 10.1. The number of hydrogen-bond donors (Lipinski definition) is 1. The molecule has 122 valence electrons. The number of anilines is 1. The Labute approximate surface area is 151 Å². The molecule has 0 saturated heterocycles. The predicted octanol–water partition coefficient (Wildman–Crippen LogP) is 4.49. The van der Waals surface area contributed by atoms with Gasteiger partial charge in [0.2, 0.25) is 5.75 Å². The number of carbonyl (C=O) groups is 1. The van der Waals surface area contributed by atoms with Crippen molar-refractivity contribution in [1.82, 2.24) is 0 Å². The first kappa shape index (κ1) is 17.6. The summed E-state index contributed by atoms with van der Waals surface area (Å²) < 4.78 is 17.4. The van der Waals surface area contributed by atoms with Crippen LogP contribution < -0.4 is 19.5 Å². The van der Waals surface area contributed by atoms with Gasteiger partial charge in [-0.25, -0.2) is 0 Å². The largest absolute Gasteiger partial charge is 0.493 e. The second kappa shape index (κ2) is 7.70. The zero-order chi connectivity index (χ0) is 17.0. The van der Waals surface area contributed by atoms with Gasteiger partial charge in [-0.3, -0.25) is 4.79 Å². The third kappa shape index (κ3) is 3.97. The van der Waals surface area contributed by atoms with Crippen molar-refractivity contribution in [3.8, 4) is 17.2 Å². The van der Waals surface area contributed by atoms with Crippen molar-refractivity contribution in [3.05, 3.63) is 44.8 Å². The van der Waals surface area contributed by atoms with E-state index in [2.05, 4.69) is 37.2 Å². The van der Waals surface area contributed by atoms with Gasteiger partial charge in [-0.2, -0.15) is 0 Å². The molecule has 0 atom stereocenters. The fourth-order valence-corrected chi connectivity index (χ4v) is 3.14. The molecule has 0 unspecified atom stereocenters. The molecule has 5 nitrogen and oxygen atoms in total. The fraction of sp³-hybridized carbons (Fsp3) is 0.188. The Morgan fingerprint density at radius 1 is 0.957 bits per heavy atom. The summed E-state index contributed by atoms with van der Waals surface area (Å²) in [6.07, 6.45) is 0. The van der Waals surface area contributed by atoms with Gasteiger partial charge < -0.3 is 19.5 Å². The van der Waals surface area contributed by atoms with Crippen LogP contribution in [-0.4, -0.2) is 27.2 Å². The van der Waals surface area contributed by atoms with Crippen molar-refractivity contribution in [3.63, 3.8) is 0 Å². The van der Waals surface area contributed by atoms with Crippen molar-refractivity contribution < 1.29 is 19.0 Å². The third-order valence-electron chi connectivity index (χ3n) is 3.11. The van der Waals surface area contributed by atoms with Crippen LogP contribution in [0, 0.1) is 0 Å². The van der Waals surface area contributed by atoms with Crippen LogP contribution in [0.25, 0.3) is 0 Å². The standard InChI is InChI=1S/C16H15Br2NO4/c1-21-13-6-9(7-14(22-2)15(13)23-3)16(20)19-12-5-4-10(17)8-11(12)18/h4-8H,1-3H3,(H,19,20). The molecular weight excluding hydrogens is 430 g/mol. The molecule has 2 aromatic rings. The third-order valence-corrected chi connectivity index (χ3v) is 4.26. The van der Waals surface area contributed by atoms with Crippen molar-refractivity contribution in [2.45, 2.75) is 0 Å². The molecule has 7 heteroatoms. The van der Waals surface area contributed by atoms with Crippen LogP contribution in [0.3, 0.4) is 0 Å². The predicted molar refractivity (Wildman–Crippen MR) is 95.9 cm³/mol. The minimum absolute atomic E-state index is 0.285. The van der Waals surface area contributed by atoms with Crippen molar-refractivity contribution >= 4 is 43.5 Å². The van der Waals surface area contributed by atoms with E-state index in [9.17, 15) is 4.79 Å².